The minimum absolute atomic E-state index is 0.00409. The molecule has 0 bridgehead atoms. The van der Waals surface area contributed by atoms with Crippen molar-refractivity contribution in [3.8, 4) is 5.75 Å². The van der Waals surface area contributed by atoms with Gasteiger partial charge >= 0.3 is 0 Å². The van der Waals surface area contributed by atoms with Gasteiger partial charge in [0, 0.05) is 32.3 Å². The van der Waals surface area contributed by atoms with Gasteiger partial charge in [0.25, 0.3) is 5.91 Å². The van der Waals surface area contributed by atoms with Gasteiger partial charge in [0.05, 0.1) is 18.8 Å². The zero-order valence-corrected chi connectivity index (χ0v) is 16.1. The van der Waals surface area contributed by atoms with Gasteiger partial charge in [-0.1, -0.05) is 18.2 Å². The summed E-state index contributed by atoms with van der Waals surface area (Å²) in [5.41, 5.74) is 0.665. The van der Waals surface area contributed by atoms with E-state index in [1.165, 1.54) is 12.1 Å². The molecular weight excluding hydrogens is 359 g/mol. The molecule has 0 aliphatic carbocycles. The normalized spacial score (nSPS) is 19.9. The first kappa shape index (κ1) is 20.3. The molecule has 0 saturated carbocycles. The van der Waals surface area contributed by atoms with E-state index in [1.54, 1.807) is 19.2 Å². The van der Waals surface area contributed by atoms with Crippen LogP contribution in [0.1, 0.15) is 23.2 Å². The number of likely N-dealkylation sites (tertiary alicyclic amines) is 1. The maximum atomic E-state index is 12.9. The van der Waals surface area contributed by atoms with E-state index >= 15 is 0 Å². The first-order valence-corrected chi connectivity index (χ1v) is 9.65. The number of nitrogens with zero attached hydrogens (tertiary/aromatic N) is 1. The van der Waals surface area contributed by atoms with E-state index in [4.69, 9.17) is 9.47 Å². The van der Waals surface area contributed by atoms with Crippen LogP contribution in [0.4, 0.5) is 4.39 Å². The number of nitrogens with one attached hydrogen (secondary N) is 1. The molecule has 150 valence electrons. The van der Waals surface area contributed by atoms with Crippen molar-refractivity contribution in [1.82, 2.24) is 10.2 Å². The average molecular weight is 386 g/mol. The summed E-state index contributed by atoms with van der Waals surface area (Å²) in [7, 11) is 1.69. The summed E-state index contributed by atoms with van der Waals surface area (Å²) in [5.74, 6) is 0.354. The maximum Gasteiger partial charge on any atom is 0.251 e. The number of carbonyl (C=O) groups excluding carboxylic acids is 1. The molecule has 3 rings (SSSR count). The topological polar surface area (TPSA) is 50.8 Å². The van der Waals surface area contributed by atoms with E-state index in [-0.39, 0.29) is 23.9 Å². The second-order valence-electron chi connectivity index (χ2n) is 6.97. The fourth-order valence-corrected chi connectivity index (χ4v) is 3.44. The molecule has 1 N–H and O–H groups in total. The zero-order chi connectivity index (χ0) is 19.8. The molecule has 1 amide bonds. The predicted molar refractivity (Wildman–Crippen MR) is 106 cm³/mol. The Balaban J connectivity index is 1.41. The standard InChI is InChI=1S/C22H27FN2O3/c1-27-21-16-25(13-5-15-28-19-10-8-18(23)9-11-19)14-12-20(21)24-22(26)17-6-3-2-4-7-17/h2-4,6-11,20-21H,5,12-16H2,1H3,(H,24,26)/t20-,21-/m0/s1. The van der Waals surface area contributed by atoms with Crippen molar-refractivity contribution >= 4 is 5.91 Å². The third-order valence-electron chi connectivity index (χ3n) is 5.00. The number of ether oxygens (including phenoxy) is 2. The van der Waals surface area contributed by atoms with Gasteiger partial charge in [-0.3, -0.25) is 4.79 Å². The van der Waals surface area contributed by atoms with Crippen molar-refractivity contribution in [2.75, 3.05) is 33.4 Å². The van der Waals surface area contributed by atoms with Crippen LogP contribution in [0.25, 0.3) is 0 Å². The third-order valence-corrected chi connectivity index (χ3v) is 5.00. The van der Waals surface area contributed by atoms with E-state index in [2.05, 4.69) is 10.2 Å². The fourth-order valence-electron chi connectivity index (χ4n) is 3.44. The quantitative estimate of drug-likeness (QED) is 0.709. The maximum absolute atomic E-state index is 12.9. The van der Waals surface area contributed by atoms with Crippen LogP contribution in [0, 0.1) is 5.82 Å². The highest BCUT2D eigenvalue weighted by Gasteiger charge is 2.30. The van der Waals surface area contributed by atoms with Crippen molar-refractivity contribution in [2.24, 2.45) is 0 Å². The van der Waals surface area contributed by atoms with Gasteiger partial charge in [-0.05, 0) is 49.2 Å². The second kappa shape index (κ2) is 10.2. The van der Waals surface area contributed by atoms with Crippen LogP contribution in [-0.4, -0.2) is 56.3 Å². The summed E-state index contributed by atoms with van der Waals surface area (Å²) >= 11 is 0. The monoisotopic (exact) mass is 386 g/mol. The summed E-state index contributed by atoms with van der Waals surface area (Å²) in [5, 5.41) is 3.10. The van der Waals surface area contributed by atoms with E-state index in [1.807, 2.05) is 30.3 Å². The number of amides is 1. The van der Waals surface area contributed by atoms with Gasteiger partial charge < -0.3 is 19.7 Å². The number of hydrogen-bond donors (Lipinski definition) is 1. The molecule has 6 heteroatoms. The Morgan fingerprint density at radius 2 is 1.93 bits per heavy atom. The fraction of sp³-hybridized carbons (Fsp3) is 0.409. The number of benzene rings is 2. The van der Waals surface area contributed by atoms with Crippen LogP contribution < -0.4 is 10.1 Å². The summed E-state index contributed by atoms with van der Waals surface area (Å²) < 4.78 is 24.2. The van der Waals surface area contributed by atoms with Crippen LogP contribution in [0.15, 0.2) is 54.6 Å². The lowest BCUT2D eigenvalue weighted by molar-refractivity contribution is 0.00530. The Kier molecular flexibility index (Phi) is 7.39. The molecule has 2 aromatic rings. The van der Waals surface area contributed by atoms with Gasteiger partial charge in [0.1, 0.15) is 11.6 Å². The van der Waals surface area contributed by atoms with Gasteiger partial charge in [-0.15, -0.1) is 0 Å². The highest BCUT2D eigenvalue weighted by atomic mass is 19.1. The molecule has 0 spiro atoms. The largest absolute Gasteiger partial charge is 0.494 e. The van der Waals surface area contributed by atoms with Gasteiger partial charge in [0.15, 0.2) is 0 Å². The Morgan fingerprint density at radius 1 is 1.18 bits per heavy atom. The van der Waals surface area contributed by atoms with E-state index in [9.17, 15) is 9.18 Å². The minimum Gasteiger partial charge on any atom is -0.494 e. The molecule has 1 saturated heterocycles. The van der Waals surface area contributed by atoms with Crippen molar-refractivity contribution in [3.05, 3.63) is 66.0 Å². The predicted octanol–water partition coefficient (Wildman–Crippen LogP) is 3.11. The molecule has 2 atom stereocenters. The van der Waals surface area contributed by atoms with Crippen LogP contribution >= 0.6 is 0 Å². The van der Waals surface area contributed by atoms with Crippen molar-refractivity contribution in [1.29, 1.82) is 0 Å². The third kappa shape index (κ3) is 5.78. The molecule has 0 radical (unpaired) electrons. The molecule has 0 aromatic heterocycles. The number of piperidine rings is 1. The number of methoxy groups -OCH3 is 1. The molecule has 0 unspecified atom stereocenters. The van der Waals surface area contributed by atoms with E-state index in [0.29, 0.717) is 17.9 Å². The van der Waals surface area contributed by atoms with Crippen LogP contribution in [-0.2, 0) is 4.74 Å². The zero-order valence-electron chi connectivity index (χ0n) is 16.1. The molecule has 1 heterocycles. The Labute approximate surface area is 165 Å². The lowest BCUT2D eigenvalue weighted by Gasteiger charge is -2.38. The van der Waals surface area contributed by atoms with Gasteiger partial charge in [0.2, 0.25) is 0 Å². The SMILES string of the molecule is CO[C@H]1CN(CCCOc2ccc(F)cc2)CC[C@@H]1NC(=O)c1ccccc1. The van der Waals surface area contributed by atoms with Crippen molar-refractivity contribution in [2.45, 2.75) is 25.0 Å². The Morgan fingerprint density at radius 3 is 2.64 bits per heavy atom. The number of carbonyl (C=O) groups is 1. The molecule has 5 nitrogen and oxygen atoms in total. The molecule has 2 aromatic carbocycles. The van der Waals surface area contributed by atoms with Crippen LogP contribution in [0.2, 0.25) is 0 Å². The molecule has 1 fully saturated rings. The second-order valence-corrected chi connectivity index (χ2v) is 6.97. The average Bonchev–Trinajstić information content (AvgIpc) is 2.74. The lowest BCUT2D eigenvalue weighted by Crippen LogP contribution is -2.55. The van der Waals surface area contributed by atoms with Crippen LogP contribution in [0.5, 0.6) is 5.75 Å². The number of hydrogen-bond acceptors (Lipinski definition) is 4. The highest BCUT2D eigenvalue weighted by Crippen LogP contribution is 2.16. The van der Waals surface area contributed by atoms with Crippen molar-refractivity contribution in [3.63, 3.8) is 0 Å². The number of rotatable bonds is 8. The molecule has 1 aliphatic heterocycles. The summed E-state index contributed by atoms with van der Waals surface area (Å²) in [4.78, 5) is 14.7. The molecular formula is C22H27FN2O3. The van der Waals surface area contributed by atoms with E-state index < -0.39 is 0 Å². The molecule has 1 aliphatic rings. The van der Waals surface area contributed by atoms with E-state index in [0.717, 1.165) is 32.5 Å². The summed E-state index contributed by atoms with van der Waals surface area (Å²) in [6, 6.07) is 15.3. The number of halogens is 1. The minimum atomic E-state index is -0.264. The smallest absolute Gasteiger partial charge is 0.251 e. The summed E-state index contributed by atoms with van der Waals surface area (Å²) in [6.45, 7) is 3.14. The molecule has 28 heavy (non-hydrogen) atoms. The highest BCUT2D eigenvalue weighted by molar-refractivity contribution is 5.94. The van der Waals surface area contributed by atoms with Crippen LogP contribution in [0.3, 0.4) is 0 Å². The Bertz CT molecular complexity index is 739. The first-order chi connectivity index (χ1) is 13.7. The lowest BCUT2D eigenvalue weighted by atomic mass is 10.0. The van der Waals surface area contributed by atoms with Gasteiger partial charge in [-0.2, -0.15) is 0 Å². The first-order valence-electron chi connectivity index (χ1n) is 9.65. The van der Waals surface area contributed by atoms with Crippen molar-refractivity contribution < 1.29 is 18.7 Å². The Hall–Kier alpha value is -2.44. The van der Waals surface area contributed by atoms with Gasteiger partial charge in [-0.25, -0.2) is 4.39 Å². The summed E-state index contributed by atoms with van der Waals surface area (Å²) in [6.07, 6.45) is 1.67.